The number of benzene rings is 3. The van der Waals surface area contributed by atoms with Crippen molar-refractivity contribution in [3.8, 4) is 22.8 Å². The summed E-state index contributed by atoms with van der Waals surface area (Å²) >= 11 is 5.61. The van der Waals surface area contributed by atoms with Crippen molar-refractivity contribution in [2.75, 3.05) is 32.1 Å². The van der Waals surface area contributed by atoms with Gasteiger partial charge in [0.25, 0.3) is 0 Å². The number of methoxy groups -OCH3 is 1. The minimum absolute atomic E-state index is 0.315. The smallest absolute Gasteiger partial charge is 0.406 e. The van der Waals surface area contributed by atoms with E-state index in [1.165, 1.54) is 35.4 Å². The normalized spacial score (nSPS) is 11.8. The first-order valence-electron chi connectivity index (χ1n) is 13.9. The summed E-state index contributed by atoms with van der Waals surface area (Å²) in [5.74, 6) is 1.03. The number of aliphatic imine (C=N–C) groups is 1. The summed E-state index contributed by atoms with van der Waals surface area (Å²) in [4.78, 5) is 10.1. The molecule has 0 amide bonds. The molecule has 4 rings (SSSR count). The number of nitrogens with zero attached hydrogens (tertiary/aromatic N) is 4. The minimum atomic E-state index is -4.77. The molecule has 0 aliphatic heterocycles. The van der Waals surface area contributed by atoms with Crippen molar-refractivity contribution in [3.63, 3.8) is 0 Å². The molecule has 43 heavy (non-hydrogen) atoms. The zero-order valence-corrected chi connectivity index (χ0v) is 25.1. The second kappa shape index (κ2) is 14.9. The fraction of sp³-hybridized carbons (Fsp3) is 0.312. The fourth-order valence-corrected chi connectivity index (χ4v) is 4.66. The van der Waals surface area contributed by atoms with Gasteiger partial charge in [0.05, 0.1) is 12.2 Å². The molecule has 1 heterocycles. The zero-order chi connectivity index (χ0) is 30.8. The average Bonchev–Trinajstić information content (AvgIpc) is 3.39. The van der Waals surface area contributed by atoms with E-state index in [-0.39, 0.29) is 5.75 Å². The monoisotopic (exact) mass is 609 g/mol. The molecule has 3 aromatic carbocycles. The van der Waals surface area contributed by atoms with Crippen LogP contribution in [-0.2, 0) is 11.2 Å². The number of halogens is 3. The molecule has 0 unspecified atom stereocenters. The molecule has 1 N–H and O–H groups in total. The molecular weight excluding hydrogens is 575 g/mol. The Balaban J connectivity index is 1.45. The van der Waals surface area contributed by atoms with E-state index in [9.17, 15) is 13.2 Å². The number of alkyl halides is 3. The van der Waals surface area contributed by atoms with Crippen LogP contribution in [0.25, 0.3) is 17.1 Å². The summed E-state index contributed by atoms with van der Waals surface area (Å²) in [6, 6.07) is 21.5. The van der Waals surface area contributed by atoms with Crippen LogP contribution in [0.15, 0.2) is 77.8 Å². The molecule has 1 aromatic heterocycles. The summed E-state index contributed by atoms with van der Waals surface area (Å²) in [7, 11) is 1.63. The van der Waals surface area contributed by atoms with Gasteiger partial charge in [0.2, 0.25) is 5.95 Å². The number of aromatic nitrogens is 3. The standard InChI is InChI=1S/C32H34F3N5O2S/c1-22(2)29-8-5-4-7-25(29)19-28(43)21-36-20-23-9-11-24(12-10-23)30-38-31(37-17-6-18-41-3)40(39-30)26-13-15-27(16-14-26)42-32(33,34)35/h4-5,7-16,20,22H,6,17-19,21H2,1-3H3,(H,37,38,39). The van der Waals surface area contributed by atoms with Gasteiger partial charge in [-0.05, 0) is 53.3 Å². The van der Waals surface area contributed by atoms with Crippen LogP contribution in [0.2, 0.25) is 0 Å². The van der Waals surface area contributed by atoms with Crippen LogP contribution in [0.3, 0.4) is 0 Å². The Kier molecular flexibility index (Phi) is 11.0. The Morgan fingerprint density at radius 3 is 2.44 bits per heavy atom. The van der Waals surface area contributed by atoms with E-state index in [0.717, 1.165) is 22.4 Å². The lowest BCUT2D eigenvalue weighted by Gasteiger charge is -2.12. The maximum Gasteiger partial charge on any atom is 0.573 e. The van der Waals surface area contributed by atoms with E-state index < -0.39 is 6.36 Å². The lowest BCUT2D eigenvalue weighted by Crippen LogP contribution is -2.17. The predicted molar refractivity (Wildman–Crippen MR) is 168 cm³/mol. The second-order valence-electron chi connectivity index (χ2n) is 10.1. The minimum Gasteiger partial charge on any atom is -0.406 e. The quantitative estimate of drug-likeness (QED) is 0.0911. The van der Waals surface area contributed by atoms with Crippen molar-refractivity contribution in [1.82, 2.24) is 14.8 Å². The molecule has 0 aliphatic rings. The molecule has 0 saturated heterocycles. The molecule has 0 atom stereocenters. The van der Waals surface area contributed by atoms with Gasteiger partial charge in [-0.2, -0.15) is 9.67 Å². The Morgan fingerprint density at radius 1 is 1.05 bits per heavy atom. The van der Waals surface area contributed by atoms with Crippen LogP contribution < -0.4 is 10.1 Å². The largest absolute Gasteiger partial charge is 0.573 e. The van der Waals surface area contributed by atoms with Gasteiger partial charge < -0.3 is 14.8 Å². The van der Waals surface area contributed by atoms with Gasteiger partial charge in [-0.15, -0.1) is 18.3 Å². The average molecular weight is 610 g/mol. The van der Waals surface area contributed by atoms with E-state index in [2.05, 4.69) is 57.2 Å². The molecule has 0 bridgehead atoms. The van der Waals surface area contributed by atoms with Crippen LogP contribution >= 0.6 is 12.2 Å². The van der Waals surface area contributed by atoms with Gasteiger partial charge in [0.1, 0.15) is 5.75 Å². The van der Waals surface area contributed by atoms with Crippen LogP contribution in [0.5, 0.6) is 5.75 Å². The SMILES string of the molecule is COCCCNc1nc(-c2ccc(C=NCC(=S)Cc3ccccc3C(C)C)cc2)nn1-c1ccc(OC(F)(F)F)cc1. The van der Waals surface area contributed by atoms with Crippen molar-refractivity contribution in [2.45, 2.75) is 39.0 Å². The second-order valence-corrected chi connectivity index (χ2v) is 10.7. The van der Waals surface area contributed by atoms with Gasteiger partial charge >= 0.3 is 6.36 Å². The molecule has 7 nitrogen and oxygen atoms in total. The van der Waals surface area contributed by atoms with Gasteiger partial charge in [0, 0.05) is 43.3 Å². The van der Waals surface area contributed by atoms with Crippen LogP contribution in [-0.4, -0.2) is 59.0 Å². The summed E-state index contributed by atoms with van der Waals surface area (Å²) in [6.45, 7) is 5.95. The number of ether oxygens (including phenoxy) is 2. The third-order valence-corrected chi connectivity index (χ3v) is 6.75. The van der Waals surface area contributed by atoms with Crippen molar-refractivity contribution < 1.29 is 22.6 Å². The number of rotatable bonds is 14. The maximum absolute atomic E-state index is 12.6. The third kappa shape index (κ3) is 9.45. The van der Waals surface area contributed by atoms with Crippen molar-refractivity contribution in [3.05, 3.63) is 89.5 Å². The number of thiocarbonyl (C=S) groups is 1. The lowest BCUT2D eigenvalue weighted by atomic mass is 9.94. The number of nitrogens with one attached hydrogen (secondary N) is 1. The molecule has 0 spiro atoms. The predicted octanol–water partition coefficient (Wildman–Crippen LogP) is 7.44. The van der Waals surface area contributed by atoms with Crippen molar-refractivity contribution >= 4 is 29.2 Å². The number of anilines is 1. The molecule has 0 aliphatic carbocycles. The van der Waals surface area contributed by atoms with Crippen LogP contribution in [0.4, 0.5) is 19.1 Å². The van der Waals surface area contributed by atoms with Gasteiger partial charge in [-0.1, -0.05) is 74.6 Å². The Morgan fingerprint density at radius 2 is 1.77 bits per heavy atom. The zero-order valence-electron chi connectivity index (χ0n) is 24.3. The Bertz CT molecular complexity index is 1520. The summed E-state index contributed by atoms with van der Waals surface area (Å²) in [5.41, 5.74) is 4.76. The molecule has 4 aromatic rings. The first-order valence-corrected chi connectivity index (χ1v) is 14.3. The van der Waals surface area contributed by atoms with E-state index in [4.69, 9.17) is 17.0 Å². The van der Waals surface area contributed by atoms with Crippen molar-refractivity contribution in [2.24, 2.45) is 4.99 Å². The Hall–Kier alpha value is -4.09. The summed E-state index contributed by atoms with van der Waals surface area (Å²) < 4.78 is 48.4. The van der Waals surface area contributed by atoms with Gasteiger partial charge in [-0.25, -0.2) is 0 Å². The number of hydrogen-bond acceptors (Lipinski definition) is 7. The van der Waals surface area contributed by atoms with Crippen LogP contribution in [0, 0.1) is 0 Å². The number of hydrogen-bond donors (Lipinski definition) is 1. The summed E-state index contributed by atoms with van der Waals surface area (Å²) in [5, 5.41) is 7.86. The third-order valence-electron chi connectivity index (χ3n) is 6.47. The molecule has 11 heteroatoms. The Labute approximate surface area is 254 Å². The highest BCUT2D eigenvalue weighted by atomic mass is 32.1. The topological polar surface area (TPSA) is 73.6 Å². The van der Waals surface area contributed by atoms with Gasteiger partial charge in [0.15, 0.2) is 5.82 Å². The fourth-order valence-electron chi connectivity index (χ4n) is 4.43. The van der Waals surface area contributed by atoms with Crippen molar-refractivity contribution in [1.29, 1.82) is 0 Å². The highest BCUT2D eigenvalue weighted by Crippen LogP contribution is 2.26. The molecule has 0 radical (unpaired) electrons. The highest BCUT2D eigenvalue weighted by Gasteiger charge is 2.31. The van der Waals surface area contributed by atoms with E-state index in [1.807, 2.05) is 30.3 Å². The first-order chi connectivity index (χ1) is 20.6. The highest BCUT2D eigenvalue weighted by molar-refractivity contribution is 7.80. The van der Waals surface area contributed by atoms with E-state index in [0.29, 0.717) is 49.5 Å². The molecule has 226 valence electrons. The summed E-state index contributed by atoms with van der Waals surface area (Å²) in [6.07, 6.45) is -1.52. The van der Waals surface area contributed by atoms with E-state index >= 15 is 0 Å². The lowest BCUT2D eigenvalue weighted by molar-refractivity contribution is -0.274. The molecular formula is C32H34F3N5O2S. The first kappa shape index (κ1) is 31.8. The molecule has 0 fully saturated rings. The van der Waals surface area contributed by atoms with E-state index in [1.54, 1.807) is 18.0 Å². The maximum atomic E-state index is 12.6. The van der Waals surface area contributed by atoms with Crippen LogP contribution in [0.1, 0.15) is 42.9 Å². The molecule has 0 saturated carbocycles. The van der Waals surface area contributed by atoms with Gasteiger partial charge in [-0.3, -0.25) is 4.99 Å².